The average Bonchev–Trinajstić information content (AvgIpc) is 2.60. The van der Waals surface area contributed by atoms with Crippen molar-refractivity contribution in [1.82, 2.24) is 15.2 Å². The molecule has 0 spiro atoms. The van der Waals surface area contributed by atoms with Crippen LogP contribution in [0.1, 0.15) is 24.6 Å². The van der Waals surface area contributed by atoms with Gasteiger partial charge in [0, 0.05) is 23.3 Å². The Morgan fingerprint density at radius 2 is 2.05 bits per heavy atom. The van der Waals surface area contributed by atoms with Crippen LogP contribution in [0.2, 0.25) is 0 Å². The first-order valence-electron chi connectivity index (χ1n) is 5.39. The van der Waals surface area contributed by atoms with Crippen molar-refractivity contribution in [3.8, 4) is 0 Å². The second kappa shape index (κ2) is 9.15. The minimum Gasteiger partial charge on any atom is -0.328 e. The molecule has 7 heteroatoms. The quantitative estimate of drug-likeness (QED) is 0.910. The number of nitrogens with two attached hydrogens (primary N) is 1. The molecule has 0 amide bonds. The van der Waals surface area contributed by atoms with E-state index in [1.807, 2.05) is 26.1 Å². The summed E-state index contributed by atoms with van der Waals surface area (Å²) >= 11 is 0. The first-order valence-corrected chi connectivity index (χ1v) is 5.39. The summed E-state index contributed by atoms with van der Waals surface area (Å²) in [6.45, 7) is 3.98. The van der Waals surface area contributed by atoms with Crippen LogP contribution in [-0.2, 0) is 0 Å². The first-order chi connectivity index (χ1) is 7.66. The highest BCUT2D eigenvalue weighted by atomic mass is 35.5. The van der Waals surface area contributed by atoms with Crippen LogP contribution in [0, 0.1) is 6.92 Å². The molecule has 19 heavy (non-hydrogen) atoms. The van der Waals surface area contributed by atoms with E-state index in [1.54, 1.807) is 0 Å². The van der Waals surface area contributed by atoms with E-state index in [9.17, 15) is 0 Å². The van der Waals surface area contributed by atoms with Gasteiger partial charge in [-0.15, -0.1) is 37.2 Å². The van der Waals surface area contributed by atoms with Crippen LogP contribution in [0.3, 0.4) is 0 Å². The monoisotopic (exact) mass is 324 g/mol. The Balaban J connectivity index is 0. The van der Waals surface area contributed by atoms with Crippen molar-refractivity contribution >= 4 is 54.3 Å². The van der Waals surface area contributed by atoms with Crippen LogP contribution in [0.25, 0.3) is 17.1 Å². The minimum absolute atomic E-state index is 0. The third-order valence-corrected chi connectivity index (χ3v) is 2.44. The predicted molar refractivity (Wildman–Crippen MR) is 87.7 cm³/mol. The van der Waals surface area contributed by atoms with Crippen LogP contribution in [-0.4, -0.2) is 21.2 Å². The van der Waals surface area contributed by atoms with Gasteiger partial charge in [0.05, 0.1) is 0 Å². The maximum atomic E-state index is 5.67. The van der Waals surface area contributed by atoms with Gasteiger partial charge in [0.1, 0.15) is 0 Å². The summed E-state index contributed by atoms with van der Waals surface area (Å²) in [5.41, 5.74) is 8.57. The molecule has 0 aromatic carbocycles. The Labute approximate surface area is 131 Å². The number of pyridine rings is 1. The molecule has 0 fully saturated rings. The van der Waals surface area contributed by atoms with E-state index in [2.05, 4.69) is 27.3 Å². The molecule has 0 unspecified atom stereocenters. The molecule has 3 N–H and O–H groups in total. The summed E-state index contributed by atoms with van der Waals surface area (Å²) in [6, 6.07) is 2.28. The summed E-state index contributed by atoms with van der Waals surface area (Å²) in [4.78, 5) is 4.27. The molecule has 0 radical (unpaired) electrons. The van der Waals surface area contributed by atoms with E-state index >= 15 is 0 Å². The summed E-state index contributed by atoms with van der Waals surface area (Å²) in [6.07, 6.45) is 6.81. The molecule has 1 atom stereocenters. The van der Waals surface area contributed by atoms with E-state index in [0.29, 0.717) is 0 Å². The summed E-state index contributed by atoms with van der Waals surface area (Å²) < 4.78 is 0. The van der Waals surface area contributed by atoms with Crippen molar-refractivity contribution in [2.75, 3.05) is 0 Å². The summed E-state index contributed by atoms with van der Waals surface area (Å²) in [7, 11) is 0. The Morgan fingerprint density at radius 1 is 1.37 bits per heavy atom. The maximum absolute atomic E-state index is 5.67. The van der Waals surface area contributed by atoms with Gasteiger partial charge < -0.3 is 5.73 Å². The number of aryl methyl sites for hydroxylation is 1. The number of nitrogens with zero attached hydrogens (tertiary/aromatic N) is 2. The van der Waals surface area contributed by atoms with Gasteiger partial charge in [-0.2, -0.15) is 5.10 Å². The van der Waals surface area contributed by atoms with E-state index in [4.69, 9.17) is 5.73 Å². The Bertz CT molecular complexity index is 523. The van der Waals surface area contributed by atoms with E-state index in [0.717, 1.165) is 28.7 Å². The first kappa shape index (κ1) is 20.5. The lowest BCUT2D eigenvalue weighted by molar-refractivity contribution is 0.759. The standard InChI is InChI=1S/C12H16N4.3ClH/c1-8(13)4-3-5-10-6-11-9(2)15-16-12(11)14-7-10;;;/h3,5-8H,4,13H2,1-2H3,(H,14,15,16);3*1H/b5-3+;;;/t8-;;;/m0.../s1. The Kier molecular flexibility index (Phi) is 9.88. The average molecular weight is 326 g/mol. The molecule has 0 aliphatic heterocycles. The smallest absolute Gasteiger partial charge is 0.181 e. The normalized spacial score (nSPS) is 11.5. The van der Waals surface area contributed by atoms with Crippen LogP contribution < -0.4 is 5.73 Å². The number of rotatable bonds is 3. The second-order valence-corrected chi connectivity index (χ2v) is 4.10. The number of aromatic nitrogens is 3. The molecule has 0 bridgehead atoms. The Hall–Kier alpha value is -0.810. The van der Waals surface area contributed by atoms with Gasteiger partial charge in [-0.05, 0) is 31.9 Å². The van der Waals surface area contributed by atoms with Crippen LogP contribution in [0.5, 0.6) is 0 Å². The predicted octanol–water partition coefficient (Wildman–Crippen LogP) is 3.28. The summed E-state index contributed by atoms with van der Waals surface area (Å²) in [5, 5.41) is 8.08. The highest BCUT2D eigenvalue weighted by Gasteiger charge is 2.01. The maximum Gasteiger partial charge on any atom is 0.181 e. The lowest BCUT2D eigenvalue weighted by Crippen LogP contribution is -2.12. The molecule has 2 aromatic heterocycles. The zero-order valence-electron chi connectivity index (χ0n) is 10.8. The fraction of sp³-hybridized carbons (Fsp3) is 0.333. The molecular formula is C12H19Cl3N4. The van der Waals surface area contributed by atoms with E-state index in [-0.39, 0.29) is 43.3 Å². The van der Waals surface area contributed by atoms with E-state index < -0.39 is 0 Å². The highest BCUT2D eigenvalue weighted by Crippen LogP contribution is 2.15. The molecule has 2 heterocycles. The number of nitrogens with one attached hydrogen (secondary N) is 1. The number of H-pyrrole nitrogens is 1. The van der Waals surface area contributed by atoms with Gasteiger partial charge in [0.25, 0.3) is 0 Å². The fourth-order valence-electron chi connectivity index (χ4n) is 1.55. The number of halogens is 3. The zero-order chi connectivity index (χ0) is 11.5. The molecule has 0 aliphatic carbocycles. The zero-order valence-corrected chi connectivity index (χ0v) is 13.2. The third kappa shape index (κ3) is 5.37. The molecule has 108 valence electrons. The lowest BCUT2D eigenvalue weighted by Gasteiger charge is -1.98. The van der Waals surface area contributed by atoms with Crippen molar-refractivity contribution in [3.63, 3.8) is 0 Å². The fourth-order valence-corrected chi connectivity index (χ4v) is 1.55. The molecule has 2 rings (SSSR count). The number of fused-ring (bicyclic) bond motifs is 1. The SMILES string of the molecule is Cc1[nH]nc2ncc(/C=C/C[C@H](C)N)cc12.Cl.Cl.Cl. The third-order valence-electron chi connectivity index (χ3n) is 2.44. The van der Waals surface area contributed by atoms with Gasteiger partial charge in [-0.1, -0.05) is 12.2 Å². The topological polar surface area (TPSA) is 67.6 Å². The van der Waals surface area contributed by atoms with Crippen molar-refractivity contribution in [2.24, 2.45) is 5.73 Å². The minimum atomic E-state index is 0. The summed E-state index contributed by atoms with van der Waals surface area (Å²) in [5.74, 6) is 0. The van der Waals surface area contributed by atoms with Crippen LogP contribution >= 0.6 is 37.2 Å². The molecule has 4 nitrogen and oxygen atoms in total. The molecule has 0 saturated heterocycles. The molecule has 0 saturated carbocycles. The Morgan fingerprint density at radius 3 is 2.68 bits per heavy atom. The lowest BCUT2D eigenvalue weighted by atomic mass is 10.1. The number of hydrogen-bond donors (Lipinski definition) is 2. The molecule has 2 aromatic rings. The van der Waals surface area contributed by atoms with Crippen molar-refractivity contribution in [2.45, 2.75) is 26.3 Å². The molecule has 0 aliphatic rings. The van der Waals surface area contributed by atoms with Crippen LogP contribution in [0.15, 0.2) is 18.3 Å². The largest absolute Gasteiger partial charge is 0.328 e. The van der Waals surface area contributed by atoms with Gasteiger partial charge in [0.15, 0.2) is 5.65 Å². The van der Waals surface area contributed by atoms with Gasteiger partial charge in [-0.3, -0.25) is 5.10 Å². The van der Waals surface area contributed by atoms with Crippen molar-refractivity contribution in [1.29, 1.82) is 0 Å². The number of hydrogen-bond acceptors (Lipinski definition) is 3. The number of aromatic amines is 1. The van der Waals surface area contributed by atoms with Crippen LogP contribution in [0.4, 0.5) is 0 Å². The van der Waals surface area contributed by atoms with Crippen molar-refractivity contribution < 1.29 is 0 Å². The second-order valence-electron chi connectivity index (χ2n) is 4.10. The van der Waals surface area contributed by atoms with Gasteiger partial charge in [-0.25, -0.2) is 4.98 Å². The van der Waals surface area contributed by atoms with Crippen molar-refractivity contribution in [3.05, 3.63) is 29.6 Å². The van der Waals surface area contributed by atoms with Gasteiger partial charge in [0.2, 0.25) is 0 Å². The van der Waals surface area contributed by atoms with Gasteiger partial charge >= 0.3 is 0 Å². The van der Waals surface area contributed by atoms with E-state index in [1.165, 1.54) is 0 Å². The molecular weight excluding hydrogens is 307 g/mol. The highest BCUT2D eigenvalue weighted by molar-refractivity contribution is 5.86.